The van der Waals surface area contributed by atoms with Crippen LogP contribution in [0.15, 0.2) is 30.3 Å². The molecule has 0 bridgehead atoms. The van der Waals surface area contributed by atoms with Crippen LogP contribution in [0.2, 0.25) is 0 Å². The Balaban J connectivity index is 1.78. The first-order valence-electron chi connectivity index (χ1n) is 10.5. The van der Waals surface area contributed by atoms with E-state index in [1.54, 1.807) is 0 Å². The molecule has 0 aromatic heterocycles. The maximum absolute atomic E-state index is 12.1. The minimum absolute atomic E-state index is 0.235. The Bertz CT molecular complexity index is 712. The molecule has 1 aromatic carbocycles. The first-order valence-corrected chi connectivity index (χ1v) is 10.5. The highest BCUT2D eigenvalue weighted by Gasteiger charge is 2.62. The number of esters is 1. The van der Waals surface area contributed by atoms with E-state index in [-0.39, 0.29) is 17.3 Å². The highest BCUT2D eigenvalue weighted by Crippen LogP contribution is 2.62. The summed E-state index contributed by atoms with van der Waals surface area (Å²) in [6.45, 7) is 3.92. The summed E-state index contributed by atoms with van der Waals surface area (Å²) in [5, 5.41) is 9.17. The van der Waals surface area contributed by atoms with Crippen molar-refractivity contribution >= 4 is 11.9 Å². The zero-order valence-corrected chi connectivity index (χ0v) is 17.1. The molecule has 160 valence electrons. The van der Waals surface area contributed by atoms with Gasteiger partial charge in [-0.2, -0.15) is 0 Å². The van der Waals surface area contributed by atoms with Crippen LogP contribution in [0.3, 0.4) is 0 Å². The van der Waals surface area contributed by atoms with Gasteiger partial charge in [-0.15, -0.1) is 0 Å². The lowest BCUT2D eigenvalue weighted by Crippen LogP contribution is -2.54. The number of carbonyl (C=O) groups excluding carboxylic acids is 1. The molecule has 0 radical (unpaired) electrons. The fourth-order valence-electron chi connectivity index (χ4n) is 5.28. The van der Waals surface area contributed by atoms with Gasteiger partial charge >= 0.3 is 11.9 Å². The first kappa shape index (κ1) is 21.7. The summed E-state index contributed by atoms with van der Waals surface area (Å²) in [7, 11) is 0. The van der Waals surface area contributed by atoms with Crippen molar-refractivity contribution in [3.8, 4) is 0 Å². The standard InChI is InChI=1S/C22H32N2O5/c1-21-10-8-17(16-6-3-2-4-7-16)14-22(21,29-20(27)19(25)26)11-9-18(21)15-24-28-13-5-12-23/h2-4,6-7,17-18,24H,5,8-15,23H2,1H3,(H,25,26)/t17-,18+,21+,22-/m0/s1. The molecule has 3 rings (SSSR count). The van der Waals surface area contributed by atoms with Crippen molar-refractivity contribution < 1.29 is 24.3 Å². The molecule has 0 unspecified atom stereocenters. The molecule has 2 saturated carbocycles. The smallest absolute Gasteiger partial charge is 0.417 e. The highest BCUT2D eigenvalue weighted by atomic mass is 16.6. The third-order valence-electron chi connectivity index (χ3n) is 7.04. The molecule has 2 fully saturated rings. The molecule has 7 nitrogen and oxygen atoms in total. The van der Waals surface area contributed by atoms with Crippen molar-refractivity contribution in [3.63, 3.8) is 0 Å². The van der Waals surface area contributed by atoms with E-state index in [9.17, 15) is 9.59 Å². The van der Waals surface area contributed by atoms with Crippen LogP contribution in [0.4, 0.5) is 0 Å². The summed E-state index contributed by atoms with van der Waals surface area (Å²) in [5.74, 6) is -2.20. The molecular formula is C22H32N2O5. The van der Waals surface area contributed by atoms with E-state index >= 15 is 0 Å². The Labute approximate surface area is 171 Å². The number of carboxylic acids is 1. The van der Waals surface area contributed by atoms with Crippen LogP contribution in [-0.2, 0) is 19.2 Å². The predicted molar refractivity (Wildman–Crippen MR) is 108 cm³/mol. The van der Waals surface area contributed by atoms with E-state index in [0.29, 0.717) is 32.5 Å². The Morgan fingerprint density at radius 2 is 2.00 bits per heavy atom. The molecule has 2 aliphatic rings. The van der Waals surface area contributed by atoms with Crippen LogP contribution in [0, 0.1) is 11.3 Å². The number of fused-ring (bicyclic) bond motifs is 1. The number of aliphatic carboxylic acids is 1. The van der Waals surface area contributed by atoms with Gasteiger partial charge in [0.05, 0.1) is 6.61 Å². The molecular weight excluding hydrogens is 372 g/mol. The maximum atomic E-state index is 12.1. The maximum Gasteiger partial charge on any atom is 0.417 e. The van der Waals surface area contributed by atoms with Crippen molar-refractivity contribution in [2.24, 2.45) is 17.1 Å². The van der Waals surface area contributed by atoms with Crippen molar-refractivity contribution in [2.75, 3.05) is 19.7 Å². The summed E-state index contributed by atoms with van der Waals surface area (Å²) in [6.07, 6.45) is 4.82. The fourth-order valence-corrected chi connectivity index (χ4v) is 5.28. The second kappa shape index (κ2) is 9.24. The average Bonchev–Trinajstić information content (AvgIpc) is 3.00. The fraction of sp³-hybridized carbons (Fsp3) is 0.636. The van der Waals surface area contributed by atoms with Gasteiger partial charge in [0, 0.05) is 12.0 Å². The number of hydrogen-bond acceptors (Lipinski definition) is 6. The number of hydrogen-bond donors (Lipinski definition) is 3. The number of benzene rings is 1. The van der Waals surface area contributed by atoms with Gasteiger partial charge < -0.3 is 20.4 Å². The van der Waals surface area contributed by atoms with Gasteiger partial charge in [-0.3, -0.25) is 0 Å². The Kier molecular flexibility index (Phi) is 6.93. The summed E-state index contributed by atoms with van der Waals surface area (Å²) >= 11 is 0. The lowest BCUT2D eigenvalue weighted by atomic mass is 9.59. The SMILES string of the molecule is C[C@]12CC[C@H](c3ccccc3)C[C@@]1(OC(=O)C(=O)O)CC[C@@H]2CNOCCCN. The number of nitrogens with two attached hydrogens (primary N) is 1. The normalized spacial score (nSPS) is 31.2. The highest BCUT2D eigenvalue weighted by molar-refractivity contribution is 6.28. The van der Waals surface area contributed by atoms with Gasteiger partial charge in [0.25, 0.3) is 0 Å². The van der Waals surface area contributed by atoms with E-state index in [1.165, 1.54) is 5.56 Å². The van der Waals surface area contributed by atoms with Crippen LogP contribution in [-0.4, -0.2) is 42.3 Å². The number of hydroxylamine groups is 1. The number of rotatable bonds is 8. The molecule has 1 aromatic rings. The van der Waals surface area contributed by atoms with Crippen LogP contribution in [0.5, 0.6) is 0 Å². The van der Waals surface area contributed by atoms with E-state index in [1.807, 2.05) is 18.2 Å². The zero-order chi connectivity index (χ0) is 20.9. The molecule has 0 spiro atoms. The summed E-state index contributed by atoms with van der Waals surface area (Å²) in [4.78, 5) is 28.8. The number of ether oxygens (including phenoxy) is 1. The van der Waals surface area contributed by atoms with Crippen molar-refractivity contribution in [1.29, 1.82) is 0 Å². The minimum Gasteiger partial charge on any atom is -0.473 e. The monoisotopic (exact) mass is 404 g/mol. The molecule has 0 saturated heterocycles. The van der Waals surface area contributed by atoms with Crippen molar-refractivity contribution in [3.05, 3.63) is 35.9 Å². The first-order chi connectivity index (χ1) is 13.9. The Morgan fingerprint density at radius 3 is 2.69 bits per heavy atom. The molecule has 7 heteroatoms. The van der Waals surface area contributed by atoms with E-state index in [0.717, 1.165) is 25.7 Å². The molecule has 29 heavy (non-hydrogen) atoms. The van der Waals surface area contributed by atoms with E-state index < -0.39 is 17.5 Å². The van der Waals surface area contributed by atoms with Crippen LogP contribution in [0.1, 0.15) is 56.9 Å². The average molecular weight is 405 g/mol. The third kappa shape index (κ3) is 4.47. The van der Waals surface area contributed by atoms with E-state index in [4.69, 9.17) is 20.4 Å². The Morgan fingerprint density at radius 1 is 1.24 bits per heavy atom. The van der Waals surface area contributed by atoms with Gasteiger partial charge in [0.1, 0.15) is 5.60 Å². The third-order valence-corrected chi connectivity index (χ3v) is 7.04. The van der Waals surface area contributed by atoms with Crippen molar-refractivity contribution in [2.45, 2.75) is 57.0 Å². The summed E-state index contributed by atoms with van der Waals surface area (Å²) < 4.78 is 5.77. The minimum atomic E-state index is -1.53. The van der Waals surface area contributed by atoms with Crippen LogP contribution >= 0.6 is 0 Å². The van der Waals surface area contributed by atoms with Gasteiger partial charge in [0.15, 0.2) is 0 Å². The molecule has 0 aliphatic heterocycles. The summed E-state index contributed by atoms with van der Waals surface area (Å²) in [5.41, 5.74) is 8.67. The largest absolute Gasteiger partial charge is 0.473 e. The molecule has 4 atom stereocenters. The number of carboxylic acid groups (broad SMARTS) is 1. The lowest BCUT2D eigenvalue weighted by molar-refractivity contribution is -0.192. The van der Waals surface area contributed by atoms with Crippen LogP contribution < -0.4 is 11.2 Å². The lowest BCUT2D eigenvalue weighted by Gasteiger charge is -2.51. The summed E-state index contributed by atoms with van der Waals surface area (Å²) in [6, 6.07) is 10.2. The van der Waals surface area contributed by atoms with Crippen LogP contribution in [0.25, 0.3) is 0 Å². The number of carbonyl (C=O) groups is 2. The van der Waals surface area contributed by atoms with E-state index in [2.05, 4.69) is 24.5 Å². The predicted octanol–water partition coefficient (Wildman–Crippen LogP) is 2.61. The molecule has 4 N–H and O–H groups in total. The van der Waals surface area contributed by atoms with Gasteiger partial charge in [-0.25, -0.2) is 15.1 Å². The molecule has 2 aliphatic carbocycles. The van der Waals surface area contributed by atoms with Gasteiger partial charge in [-0.05, 0) is 62.5 Å². The number of nitrogens with one attached hydrogen (secondary N) is 1. The zero-order valence-electron chi connectivity index (χ0n) is 17.1. The van der Waals surface area contributed by atoms with Gasteiger partial charge in [0.2, 0.25) is 0 Å². The van der Waals surface area contributed by atoms with Crippen molar-refractivity contribution in [1.82, 2.24) is 5.48 Å². The topological polar surface area (TPSA) is 111 Å². The quantitative estimate of drug-likeness (QED) is 0.264. The Hall–Kier alpha value is -1.96. The second-order valence-corrected chi connectivity index (χ2v) is 8.53. The second-order valence-electron chi connectivity index (χ2n) is 8.53. The van der Waals surface area contributed by atoms with Gasteiger partial charge in [-0.1, -0.05) is 37.3 Å². The molecule has 0 heterocycles. The molecule has 0 amide bonds.